The zero-order valence-electron chi connectivity index (χ0n) is 12.0. The first kappa shape index (κ1) is 16.5. The van der Waals surface area contributed by atoms with E-state index >= 15 is 0 Å². The average Bonchev–Trinajstić information content (AvgIpc) is 2.68. The molecule has 0 radical (unpaired) electrons. The second-order valence-corrected chi connectivity index (χ2v) is 5.70. The lowest BCUT2D eigenvalue weighted by Gasteiger charge is -2.08. The SMILES string of the molecule is Cc1ccc(C)c(NC(=O)c2nn(C)c(C(F)(F)F)c2Br)c1. The number of anilines is 1. The molecule has 0 bridgehead atoms. The molecule has 0 aliphatic heterocycles. The number of benzene rings is 1. The van der Waals surface area contributed by atoms with Crippen molar-refractivity contribution in [2.75, 3.05) is 5.32 Å². The number of aryl methyl sites for hydroxylation is 3. The van der Waals surface area contributed by atoms with Crippen LogP contribution in [0.2, 0.25) is 0 Å². The van der Waals surface area contributed by atoms with Crippen LogP contribution in [0.5, 0.6) is 0 Å². The maximum absolute atomic E-state index is 12.9. The van der Waals surface area contributed by atoms with Crippen molar-refractivity contribution >= 4 is 27.5 Å². The standard InChI is InChI=1S/C14H13BrF3N3O/c1-7-4-5-8(2)9(6-7)19-13(22)11-10(15)12(14(16,17)18)21(3)20-11/h4-6H,1-3H3,(H,19,22). The van der Waals surface area contributed by atoms with Crippen molar-refractivity contribution in [2.24, 2.45) is 7.05 Å². The molecule has 2 aromatic rings. The lowest BCUT2D eigenvalue weighted by Crippen LogP contribution is -2.14. The van der Waals surface area contributed by atoms with Crippen LogP contribution in [0.3, 0.4) is 0 Å². The Morgan fingerprint density at radius 2 is 1.95 bits per heavy atom. The molecule has 0 aliphatic carbocycles. The average molecular weight is 376 g/mol. The van der Waals surface area contributed by atoms with E-state index in [1.807, 2.05) is 19.1 Å². The van der Waals surface area contributed by atoms with E-state index in [0.29, 0.717) is 10.4 Å². The van der Waals surface area contributed by atoms with Crippen molar-refractivity contribution in [3.05, 3.63) is 45.2 Å². The molecule has 1 N–H and O–H groups in total. The summed E-state index contributed by atoms with van der Waals surface area (Å²) in [6.45, 7) is 3.65. The number of aromatic nitrogens is 2. The van der Waals surface area contributed by atoms with Gasteiger partial charge in [-0.25, -0.2) is 0 Å². The Hall–Kier alpha value is -1.83. The van der Waals surface area contributed by atoms with Gasteiger partial charge in [0, 0.05) is 12.7 Å². The minimum absolute atomic E-state index is 0.310. The third-order valence-corrected chi connectivity index (χ3v) is 3.87. The van der Waals surface area contributed by atoms with E-state index in [0.717, 1.165) is 18.2 Å². The maximum Gasteiger partial charge on any atom is 0.434 e. The monoisotopic (exact) mass is 375 g/mol. The molecule has 4 nitrogen and oxygen atoms in total. The largest absolute Gasteiger partial charge is 0.434 e. The van der Waals surface area contributed by atoms with Crippen molar-refractivity contribution in [3.63, 3.8) is 0 Å². The fourth-order valence-electron chi connectivity index (χ4n) is 2.00. The number of alkyl halides is 3. The van der Waals surface area contributed by atoms with E-state index in [2.05, 4.69) is 26.3 Å². The van der Waals surface area contributed by atoms with Gasteiger partial charge in [-0.3, -0.25) is 9.48 Å². The molecule has 2 rings (SSSR count). The Labute approximate surface area is 133 Å². The lowest BCUT2D eigenvalue weighted by atomic mass is 10.1. The fourth-order valence-corrected chi connectivity index (χ4v) is 2.74. The maximum atomic E-state index is 12.9. The van der Waals surface area contributed by atoms with Crippen LogP contribution in [0, 0.1) is 13.8 Å². The molecule has 0 spiro atoms. The highest BCUT2D eigenvalue weighted by atomic mass is 79.9. The fraction of sp³-hybridized carbons (Fsp3) is 0.286. The number of halogens is 4. The highest BCUT2D eigenvalue weighted by Gasteiger charge is 2.39. The van der Waals surface area contributed by atoms with Crippen LogP contribution in [0.15, 0.2) is 22.7 Å². The number of nitrogens with zero attached hydrogens (tertiary/aromatic N) is 2. The molecule has 0 saturated carbocycles. The topological polar surface area (TPSA) is 46.9 Å². The Bertz CT molecular complexity index is 738. The number of carbonyl (C=O) groups is 1. The third-order valence-electron chi connectivity index (χ3n) is 3.11. The summed E-state index contributed by atoms with van der Waals surface area (Å²) >= 11 is 2.82. The van der Waals surface area contributed by atoms with Crippen LogP contribution in [0.25, 0.3) is 0 Å². The van der Waals surface area contributed by atoms with Crippen LogP contribution < -0.4 is 5.32 Å². The first-order valence-electron chi connectivity index (χ1n) is 6.29. The van der Waals surface area contributed by atoms with Gasteiger partial charge in [-0.05, 0) is 47.0 Å². The first-order valence-corrected chi connectivity index (χ1v) is 7.09. The molecule has 0 atom stereocenters. The molecule has 118 valence electrons. The second kappa shape index (κ2) is 5.75. The van der Waals surface area contributed by atoms with E-state index in [1.54, 1.807) is 13.0 Å². The van der Waals surface area contributed by atoms with Crippen LogP contribution in [0.1, 0.15) is 27.3 Å². The summed E-state index contributed by atoms with van der Waals surface area (Å²) < 4.78 is 39.0. The summed E-state index contributed by atoms with van der Waals surface area (Å²) in [7, 11) is 1.14. The van der Waals surface area contributed by atoms with Gasteiger partial charge in [0.05, 0.1) is 4.47 Å². The van der Waals surface area contributed by atoms with E-state index in [-0.39, 0.29) is 10.2 Å². The molecular weight excluding hydrogens is 363 g/mol. The third kappa shape index (κ3) is 3.16. The van der Waals surface area contributed by atoms with Gasteiger partial charge in [0.25, 0.3) is 5.91 Å². The predicted octanol–water partition coefficient (Wildman–Crippen LogP) is 4.07. The molecule has 8 heteroatoms. The summed E-state index contributed by atoms with van der Waals surface area (Å²) in [6, 6.07) is 5.44. The Kier molecular flexibility index (Phi) is 4.32. The number of hydrogen-bond donors (Lipinski definition) is 1. The zero-order valence-corrected chi connectivity index (χ0v) is 13.6. The molecule has 0 aliphatic rings. The van der Waals surface area contributed by atoms with Crippen LogP contribution in [0.4, 0.5) is 18.9 Å². The Balaban J connectivity index is 2.37. The van der Waals surface area contributed by atoms with Gasteiger partial charge in [-0.15, -0.1) is 0 Å². The van der Waals surface area contributed by atoms with Crippen molar-refractivity contribution in [3.8, 4) is 0 Å². The molecule has 1 heterocycles. The van der Waals surface area contributed by atoms with Crippen molar-refractivity contribution in [1.82, 2.24) is 9.78 Å². The minimum Gasteiger partial charge on any atom is -0.320 e. The second-order valence-electron chi connectivity index (χ2n) is 4.91. The van der Waals surface area contributed by atoms with Gasteiger partial charge in [0.15, 0.2) is 11.4 Å². The van der Waals surface area contributed by atoms with Crippen molar-refractivity contribution in [1.29, 1.82) is 0 Å². The predicted molar refractivity (Wildman–Crippen MR) is 79.8 cm³/mol. The smallest absolute Gasteiger partial charge is 0.320 e. The molecule has 0 fully saturated rings. The molecule has 1 aromatic heterocycles. The number of hydrogen-bond acceptors (Lipinski definition) is 2. The van der Waals surface area contributed by atoms with Crippen molar-refractivity contribution in [2.45, 2.75) is 20.0 Å². The molecule has 0 unspecified atom stereocenters. The highest BCUT2D eigenvalue weighted by molar-refractivity contribution is 9.10. The van der Waals surface area contributed by atoms with E-state index in [1.165, 1.54) is 0 Å². The zero-order chi connectivity index (χ0) is 16.7. The lowest BCUT2D eigenvalue weighted by molar-refractivity contribution is -0.144. The van der Waals surface area contributed by atoms with Gasteiger partial charge in [-0.1, -0.05) is 12.1 Å². The molecular formula is C14H13BrF3N3O. The van der Waals surface area contributed by atoms with Gasteiger partial charge >= 0.3 is 6.18 Å². The summed E-state index contributed by atoms with van der Waals surface area (Å²) in [5.41, 5.74) is 0.962. The Morgan fingerprint density at radius 3 is 2.50 bits per heavy atom. The molecule has 1 amide bonds. The summed E-state index contributed by atoms with van der Waals surface area (Å²) in [6.07, 6.45) is -4.60. The first-order chi connectivity index (χ1) is 10.1. The van der Waals surface area contributed by atoms with E-state index in [9.17, 15) is 18.0 Å². The quantitative estimate of drug-likeness (QED) is 0.859. The van der Waals surface area contributed by atoms with E-state index < -0.39 is 17.8 Å². The van der Waals surface area contributed by atoms with Gasteiger partial charge < -0.3 is 5.32 Å². The van der Waals surface area contributed by atoms with Gasteiger partial charge in [0.2, 0.25) is 0 Å². The Morgan fingerprint density at radius 1 is 1.32 bits per heavy atom. The molecule has 22 heavy (non-hydrogen) atoms. The number of amides is 1. The highest BCUT2D eigenvalue weighted by Crippen LogP contribution is 2.36. The van der Waals surface area contributed by atoms with Gasteiger partial charge in [-0.2, -0.15) is 18.3 Å². The van der Waals surface area contributed by atoms with Crippen molar-refractivity contribution < 1.29 is 18.0 Å². The van der Waals surface area contributed by atoms with Crippen LogP contribution in [-0.2, 0) is 13.2 Å². The van der Waals surface area contributed by atoms with E-state index in [4.69, 9.17) is 0 Å². The number of carbonyl (C=O) groups excluding carboxylic acids is 1. The summed E-state index contributed by atoms with van der Waals surface area (Å²) in [5.74, 6) is -0.702. The molecule has 1 aromatic carbocycles. The minimum atomic E-state index is -4.60. The van der Waals surface area contributed by atoms with Crippen LogP contribution >= 0.6 is 15.9 Å². The number of nitrogens with one attached hydrogen (secondary N) is 1. The molecule has 0 saturated heterocycles. The van der Waals surface area contributed by atoms with Crippen LogP contribution in [-0.4, -0.2) is 15.7 Å². The van der Waals surface area contributed by atoms with Gasteiger partial charge in [0.1, 0.15) is 0 Å². The summed E-state index contributed by atoms with van der Waals surface area (Å²) in [5, 5.41) is 6.25. The summed E-state index contributed by atoms with van der Waals surface area (Å²) in [4.78, 5) is 12.2. The number of rotatable bonds is 2. The normalized spacial score (nSPS) is 11.6.